The Morgan fingerprint density at radius 1 is 1.22 bits per heavy atom. The van der Waals surface area contributed by atoms with E-state index in [9.17, 15) is 10.1 Å². The van der Waals surface area contributed by atoms with Crippen molar-refractivity contribution in [1.29, 1.82) is 5.26 Å². The number of allylic oxidation sites excluding steroid dienone is 2. The number of ketones is 1. The van der Waals surface area contributed by atoms with Crippen molar-refractivity contribution in [1.82, 2.24) is 4.98 Å². The lowest BCUT2D eigenvalue weighted by molar-refractivity contribution is -0.118. The molecule has 0 saturated carbocycles. The maximum Gasteiger partial charge on any atom is 0.227 e. The van der Waals surface area contributed by atoms with Gasteiger partial charge in [0, 0.05) is 24.3 Å². The molecule has 2 aromatic rings. The Morgan fingerprint density at radius 2 is 1.93 bits per heavy atom. The fourth-order valence-corrected chi connectivity index (χ4v) is 4.02. The van der Waals surface area contributed by atoms with Gasteiger partial charge < -0.3 is 16.2 Å². The molecular formula is C21H20N4O2. The van der Waals surface area contributed by atoms with Gasteiger partial charge in [0.1, 0.15) is 23.2 Å². The summed E-state index contributed by atoms with van der Waals surface area (Å²) in [6.07, 6.45) is 1.06. The van der Waals surface area contributed by atoms with Crippen molar-refractivity contribution in [2.45, 2.75) is 32.6 Å². The van der Waals surface area contributed by atoms with Crippen LogP contribution < -0.4 is 16.2 Å². The van der Waals surface area contributed by atoms with Crippen LogP contribution in [0.25, 0.3) is 0 Å². The van der Waals surface area contributed by atoms with Gasteiger partial charge in [-0.1, -0.05) is 44.2 Å². The molecule has 4 rings (SSSR count). The minimum absolute atomic E-state index is 0.0333. The molecule has 0 fully saturated rings. The number of pyridine rings is 1. The molecule has 0 bridgehead atoms. The van der Waals surface area contributed by atoms with Gasteiger partial charge in [-0.3, -0.25) is 4.79 Å². The van der Waals surface area contributed by atoms with Gasteiger partial charge in [0.05, 0.1) is 11.3 Å². The summed E-state index contributed by atoms with van der Waals surface area (Å²) < 4.78 is 6.03. The summed E-state index contributed by atoms with van der Waals surface area (Å²) in [5.41, 5.74) is 14.4. The number of ether oxygens (including phenoxy) is 1. The number of Topliss-reactive ketones (excluding diaryl/α,β-unsaturated/α-hetero) is 1. The zero-order valence-electron chi connectivity index (χ0n) is 15.2. The second kappa shape index (κ2) is 5.85. The molecule has 0 saturated heterocycles. The highest BCUT2D eigenvalue weighted by atomic mass is 16.5. The number of nitrogens with zero attached hydrogens (tertiary/aromatic N) is 2. The maximum atomic E-state index is 13.1. The van der Waals surface area contributed by atoms with Gasteiger partial charge in [0.25, 0.3) is 0 Å². The first-order chi connectivity index (χ1) is 12.8. The number of carbonyl (C=O) groups excluding carboxylic acids is 1. The summed E-state index contributed by atoms with van der Waals surface area (Å²) in [7, 11) is 0. The number of hydrogen-bond donors (Lipinski definition) is 2. The minimum Gasteiger partial charge on any atom is -0.442 e. The van der Waals surface area contributed by atoms with Crippen molar-refractivity contribution >= 4 is 17.3 Å². The zero-order chi connectivity index (χ0) is 19.3. The zero-order valence-corrected chi connectivity index (χ0v) is 15.2. The number of aromatic nitrogens is 1. The smallest absolute Gasteiger partial charge is 0.227 e. The van der Waals surface area contributed by atoms with Crippen LogP contribution in [0.3, 0.4) is 0 Å². The molecule has 0 unspecified atom stereocenters. The summed E-state index contributed by atoms with van der Waals surface area (Å²) >= 11 is 0. The van der Waals surface area contributed by atoms with E-state index in [1.807, 2.05) is 50.2 Å². The average Bonchev–Trinajstić information content (AvgIpc) is 2.60. The van der Waals surface area contributed by atoms with Crippen molar-refractivity contribution in [2.24, 2.45) is 5.41 Å². The molecule has 6 heteroatoms. The quantitative estimate of drug-likeness (QED) is 0.806. The summed E-state index contributed by atoms with van der Waals surface area (Å²) in [6.45, 7) is 4.08. The normalized spacial score (nSPS) is 20.3. The van der Waals surface area contributed by atoms with E-state index in [-0.39, 0.29) is 34.1 Å². The first kappa shape index (κ1) is 17.1. The largest absolute Gasteiger partial charge is 0.442 e. The third-order valence-electron chi connectivity index (χ3n) is 5.19. The molecule has 2 heterocycles. The molecule has 1 aliphatic heterocycles. The number of nitriles is 1. The fraction of sp³-hybridized carbons (Fsp3) is 0.286. The van der Waals surface area contributed by atoms with Crippen molar-refractivity contribution in [3.05, 3.63) is 58.4 Å². The molecule has 4 N–H and O–H groups in total. The Kier molecular flexibility index (Phi) is 3.70. The summed E-state index contributed by atoms with van der Waals surface area (Å²) in [5, 5.41) is 9.44. The van der Waals surface area contributed by atoms with Crippen LogP contribution in [0, 0.1) is 16.7 Å². The number of anilines is 2. The van der Waals surface area contributed by atoms with Crippen LogP contribution in [0.1, 0.15) is 49.3 Å². The second-order valence-electron chi connectivity index (χ2n) is 7.84. The summed E-state index contributed by atoms with van der Waals surface area (Å²) in [6, 6.07) is 11.6. The SMILES string of the molecule is CC1(C)CC(=O)C2=C(C1)Oc1nc(N)c(C#N)c(N)c1[C@@H]2c1ccccc1. The highest BCUT2D eigenvalue weighted by Gasteiger charge is 2.43. The Balaban J connectivity index is 2.02. The average molecular weight is 360 g/mol. The van der Waals surface area contributed by atoms with Crippen LogP contribution in [-0.2, 0) is 4.79 Å². The molecule has 0 spiro atoms. The number of benzene rings is 1. The molecule has 1 aromatic heterocycles. The van der Waals surface area contributed by atoms with Crippen LogP contribution in [0.5, 0.6) is 5.88 Å². The van der Waals surface area contributed by atoms with E-state index in [0.29, 0.717) is 29.7 Å². The number of fused-ring (bicyclic) bond motifs is 1. The molecular weight excluding hydrogens is 340 g/mol. The van der Waals surface area contributed by atoms with E-state index in [1.165, 1.54) is 0 Å². The monoisotopic (exact) mass is 360 g/mol. The van der Waals surface area contributed by atoms with Crippen LogP contribution in [0.4, 0.5) is 11.5 Å². The summed E-state index contributed by atoms with van der Waals surface area (Å²) in [5.74, 6) is 0.547. The number of carbonyl (C=O) groups is 1. The Bertz CT molecular complexity index is 1030. The van der Waals surface area contributed by atoms with Crippen molar-refractivity contribution in [2.75, 3.05) is 11.5 Å². The second-order valence-corrected chi connectivity index (χ2v) is 7.84. The van der Waals surface area contributed by atoms with Crippen LogP contribution in [0.15, 0.2) is 41.7 Å². The van der Waals surface area contributed by atoms with Crippen molar-refractivity contribution in [3.63, 3.8) is 0 Å². The minimum atomic E-state index is -0.422. The number of hydrogen-bond acceptors (Lipinski definition) is 6. The number of rotatable bonds is 1. The molecule has 0 amide bonds. The van der Waals surface area contributed by atoms with E-state index in [0.717, 1.165) is 5.56 Å². The molecule has 6 nitrogen and oxygen atoms in total. The van der Waals surface area contributed by atoms with E-state index in [1.54, 1.807) is 0 Å². The van der Waals surface area contributed by atoms with E-state index >= 15 is 0 Å². The predicted octanol–water partition coefficient (Wildman–Crippen LogP) is 3.29. The van der Waals surface area contributed by atoms with Crippen molar-refractivity contribution in [3.8, 4) is 11.9 Å². The van der Waals surface area contributed by atoms with Gasteiger partial charge in [0.15, 0.2) is 5.78 Å². The van der Waals surface area contributed by atoms with E-state index in [4.69, 9.17) is 16.2 Å². The summed E-state index contributed by atoms with van der Waals surface area (Å²) in [4.78, 5) is 17.4. The molecule has 1 aliphatic carbocycles. The third-order valence-corrected chi connectivity index (χ3v) is 5.19. The molecule has 1 aromatic carbocycles. The Hall–Kier alpha value is -3.33. The molecule has 2 aliphatic rings. The van der Waals surface area contributed by atoms with Crippen LogP contribution >= 0.6 is 0 Å². The molecule has 1 atom stereocenters. The number of nitrogen functional groups attached to an aromatic ring is 2. The Morgan fingerprint density at radius 3 is 2.59 bits per heavy atom. The van der Waals surface area contributed by atoms with Gasteiger partial charge in [-0.05, 0) is 11.0 Å². The van der Waals surface area contributed by atoms with Gasteiger partial charge >= 0.3 is 0 Å². The molecule has 136 valence electrons. The predicted molar refractivity (Wildman–Crippen MR) is 102 cm³/mol. The van der Waals surface area contributed by atoms with Gasteiger partial charge in [0.2, 0.25) is 5.88 Å². The lowest BCUT2D eigenvalue weighted by atomic mass is 9.70. The lowest BCUT2D eigenvalue weighted by Gasteiger charge is -2.38. The molecule has 27 heavy (non-hydrogen) atoms. The van der Waals surface area contributed by atoms with Gasteiger partial charge in [-0.25, -0.2) is 0 Å². The highest BCUT2D eigenvalue weighted by Crippen LogP contribution is 2.51. The van der Waals surface area contributed by atoms with E-state index in [2.05, 4.69) is 4.98 Å². The van der Waals surface area contributed by atoms with E-state index < -0.39 is 5.92 Å². The topological polar surface area (TPSA) is 115 Å². The van der Waals surface area contributed by atoms with Crippen LogP contribution in [-0.4, -0.2) is 10.8 Å². The number of nitrogens with two attached hydrogens (primary N) is 2. The van der Waals surface area contributed by atoms with Gasteiger partial charge in [-0.15, -0.1) is 0 Å². The standard InChI is InChI=1S/C21H20N4O2/c1-21(2)8-13(26)16-14(9-21)27-20-17(15(16)11-6-4-3-5-7-11)18(23)12(10-22)19(24)25-20/h3-7,15H,8-9H2,1-2H3,(H4,23,24,25)/t15-/m1/s1. The Labute approximate surface area is 157 Å². The highest BCUT2D eigenvalue weighted by molar-refractivity contribution is 6.00. The lowest BCUT2D eigenvalue weighted by Crippen LogP contribution is -2.33. The first-order valence-electron chi connectivity index (χ1n) is 8.80. The molecule has 0 radical (unpaired) electrons. The van der Waals surface area contributed by atoms with Gasteiger partial charge in [-0.2, -0.15) is 10.2 Å². The third kappa shape index (κ3) is 2.63. The maximum absolute atomic E-state index is 13.1. The first-order valence-corrected chi connectivity index (χ1v) is 8.80. The van der Waals surface area contributed by atoms with Crippen LogP contribution in [0.2, 0.25) is 0 Å². The fourth-order valence-electron chi connectivity index (χ4n) is 4.02. The van der Waals surface area contributed by atoms with Crippen molar-refractivity contribution < 1.29 is 9.53 Å².